The number of nitrogens with one attached hydrogen (secondary N) is 4. The fraction of sp³-hybridized carbons (Fsp3) is 0.458. The summed E-state index contributed by atoms with van der Waals surface area (Å²) in [6, 6.07) is 5.99. The summed E-state index contributed by atoms with van der Waals surface area (Å²) in [5, 5.41) is 23.4. The molecule has 1 aliphatic heterocycles. The van der Waals surface area contributed by atoms with Gasteiger partial charge in [-0.1, -0.05) is 13.8 Å². The van der Waals surface area contributed by atoms with E-state index in [0.717, 1.165) is 17.3 Å². The van der Waals surface area contributed by atoms with Gasteiger partial charge in [0.15, 0.2) is 0 Å². The molecule has 0 bridgehead atoms. The van der Waals surface area contributed by atoms with Crippen molar-refractivity contribution in [3.05, 3.63) is 30.5 Å². The minimum absolute atomic E-state index is 0.0918. The number of aromatic nitrogens is 1. The van der Waals surface area contributed by atoms with Crippen molar-refractivity contribution in [3.8, 4) is 0 Å². The Morgan fingerprint density at radius 1 is 1.11 bits per heavy atom. The summed E-state index contributed by atoms with van der Waals surface area (Å²) in [7, 11) is 1.70. The van der Waals surface area contributed by atoms with Gasteiger partial charge in [-0.2, -0.15) is 0 Å². The standard InChI is InChI=1S/C22H31N5O3.2CH2O2/c1-13(2)19(26-20(28)14(3)23-4)22(30)27-11-5-6-18(27)21(29)25-16-7-8-17-15(12-16)9-10-24-17;2*2-1-3/h7-10,12-14,18-19,23-24H,5-6,11H2,1-4H3,(H,25,29)(H,26,28);2*1H,(H,2,3)/t14-,18-,19-;;/m0../s1. The van der Waals surface area contributed by atoms with Gasteiger partial charge in [-0.25, -0.2) is 0 Å². The van der Waals surface area contributed by atoms with Crippen molar-refractivity contribution in [2.45, 2.75) is 51.7 Å². The highest BCUT2D eigenvalue weighted by atomic mass is 16.3. The average molecular weight is 506 g/mol. The number of likely N-dealkylation sites (N-methyl/N-ethyl adjacent to an activating group) is 1. The molecule has 2 heterocycles. The molecule has 12 heteroatoms. The summed E-state index contributed by atoms with van der Waals surface area (Å²) in [5.74, 6) is -0.732. The van der Waals surface area contributed by atoms with Crippen molar-refractivity contribution in [2.75, 3.05) is 18.9 Å². The molecule has 3 atom stereocenters. The van der Waals surface area contributed by atoms with Crippen LogP contribution in [0.5, 0.6) is 0 Å². The topological polar surface area (TPSA) is 181 Å². The molecular formula is C24H35N5O7. The number of hydrogen-bond acceptors (Lipinski definition) is 6. The Bertz CT molecular complexity index is 1020. The van der Waals surface area contributed by atoms with E-state index in [1.165, 1.54) is 0 Å². The summed E-state index contributed by atoms with van der Waals surface area (Å²) in [5.41, 5.74) is 1.69. The van der Waals surface area contributed by atoms with E-state index in [9.17, 15) is 14.4 Å². The van der Waals surface area contributed by atoms with Crippen LogP contribution in [0.2, 0.25) is 0 Å². The van der Waals surface area contributed by atoms with Crippen LogP contribution in [0, 0.1) is 5.92 Å². The van der Waals surface area contributed by atoms with Gasteiger partial charge >= 0.3 is 0 Å². The van der Waals surface area contributed by atoms with E-state index < -0.39 is 18.1 Å². The summed E-state index contributed by atoms with van der Waals surface area (Å²) >= 11 is 0. The van der Waals surface area contributed by atoms with Crippen molar-refractivity contribution < 1.29 is 34.2 Å². The molecule has 2 aromatic rings. The second-order valence-corrected chi connectivity index (χ2v) is 8.41. The van der Waals surface area contributed by atoms with Crippen LogP contribution in [-0.4, -0.2) is 82.5 Å². The number of fused-ring (bicyclic) bond motifs is 1. The molecule has 3 rings (SSSR count). The fourth-order valence-electron chi connectivity index (χ4n) is 3.76. The molecule has 0 saturated carbocycles. The monoisotopic (exact) mass is 505 g/mol. The van der Waals surface area contributed by atoms with Gasteiger partial charge in [-0.15, -0.1) is 0 Å². The minimum atomic E-state index is -0.669. The number of likely N-dealkylation sites (tertiary alicyclic amines) is 1. The van der Waals surface area contributed by atoms with Crippen LogP contribution in [0.15, 0.2) is 30.5 Å². The molecule has 36 heavy (non-hydrogen) atoms. The highest BCUT2D eigenvalue weighted by Gasteiger charge is 2.38. The molecule has 0 unspecified atom stereocenters. The third-order valence-corrected chi connectivity index (χ3v) is 5.72. The number of H-pyrrole nitrogens is 1. The third kappa shape index (κ3) is 8.38. The maximum atomic E-state index is 13.2. The van der Waals surface area contributed by atoms with Gasteiger partial charge < -0.3 is 36.0 Å². The molecule has 0 aliphatic carbocycles. The van der Waals surface area contributed by atoms with Crippen LogP contribution in [0.4, 0.5) is 5.69 Å². The Kier molecular flexibility index (Phi) is 12.7. The van der Waals surface area contributed by atoms with E-state index in [0.29, 0.717) is 18.7 Å². The molecule has 1 aliphatic rings. The van der Waals surface area contributed by atoms with Crippen molar-refractivity contribution in [3.63, 3.8) is 0 Å². The Balaban J connectivity index is 0.000000982. The number of carboxylic acid groups (broad SMARTS) is 2. The number of aromatic amines is 1. The van der Waals surface area contributed by atoms with E-state index in [-0.39, 0.29) is 36.6 Å². The Morgan fingerprint density at radius 2 is 1.75 bits per heavy atom. The van der Waals surface area contributed by atoms with Crippen molar-refractivity contribution in [1.29, 1.82) is 0 Å². The first kappa shape index (κ1) is 30.1. The van der Waals surface area contributed by atoms with E-state index >= 15 is 0 Å². The van der Waals surface area contributed by atoms with Gasteiger partial charge in [0.1, 0.15) is 12.1 Å². The molecular weight excluding hydrogens is 470 g/mol. The number of carbonyl (C=O) groups excluding carboxylic acids is 3. The summed E-state index contributed by atoms with van der Waals surface area (Å²) < 4.78 is 0. The molecule has 0 radical (unpaired) electrons. The number of benzene rings is 1. The van der Waals surface area contributed by atoms with Gasteiger partial charge in [-0.05, 0) is 57.0 Å². The average Bonchev–Trinajstić information content (AvgIpc) is 3.51. The second-order valence-electron chi connectivity index (χ2n) is 8.41. The van der Waals surface area contributed by atoms with Crippen LogP contribution in [-0.2, 0) is 24.0 Å². The lowest BCUT2D eigenvalue weighted by Gasteiger charge is -2.31. The van der Waals surface area contributed by atoms with Crippen LogP contribution < -0.4 is 16.0 Å². The van der Waals surface area contributed by atoms with Gasteiger partial charge in [0.2, 0.25) is 17.7 Å². The summed E-state index contributed by atoms with van der Waals surface area (Å²) in [4.78, 5) is 60.0. The zero-order chi connectivity index (χ0) is 27.3. The number of hydrogen-bond donors (Lipinski definition) is 6. The van der Waals surface area contributed by atoms with Crippen LogP contribution >= 0.6 is 0 Å². The molecule has 198 valence electrons. The van der Waals surface area contributed by atoms with Crippen LogP contribution in [0.3, 0.4) is 0 Å². The Labute approximate surface area is 209 Å². The zero-order valence-corrected chi connectivity index (χ0v) is 20.9. The molecule has 6 N–H and O–H groups in total. The number of amides is 3. The second kappa shape index (κ2) is 15.1. The zero-order valence-electron chi connectivity index (χ0n) is 20.9. The number of carbonyl (C=O) groups is 5. The lowest BCUT2D eigenvalue weighted by Crippen LogP contribution is -2.56. The molecule has 12 nitrogen and oxygen atoms in total. The van der Waals surface area contributed by atoms with E-state index in [1.54, 1.807) is 18.9 Å². The van der Waals surface area contributed by atoms with E-state index in [1.807, 2.05) is 44.3 Å². The molecule has 1 fully saturated rings. The first-order valence-electron chi connectivity index (χ1n) is 11.5. The van der Waals surface area contributed by atoms with Crippen molar-refractivity contribution in [2.24, 2.45) is 5.92 Å². The Morgan fingerprint density at radius 3 is 2.33 bits per heavy atom. The number of rotatable bonds is 7. The van der Waals surface area contributed by atoms with E-state index in [4.69, 9.17) is 19.8 Å². The highest BCUT2D eigenvalue weighted by molar-refractivity contribution is 6.00. The number of anilines is 1. The quantitative estimate of drug-likeness (QED) is 0.304. The van der Waals surface area contributed by atoms with Gasteiger partial charge in [0, 0.05) is 29.3 Å². The van der Waals surface area contributed by atoms with Crippen molar-refractivity contribution >= 4 is 47.3 Å². The van der Waals surface area contributed by atoms with Crippen LogP contribution in [0.25, 0.3) is 10.9 Å². The smallest absolute Gasteiger partial charge is 0.290 e. The van der Waals surface area contributed by atoms with Gasteiger partial charge in [-0.3, -0.25) is 24.0 Å². The van der Waals surface area contributed by atoms with Gasteiger partial charge in [0.25, 0.3) is 12.9 Å². The van der Waals surface area contributed by atoms with Crippen molar-refractivity contribution in [1.82, 2.24) is 20.5 Å². The predicted molar refractivity (Wildman–Crippen MR) is 134 cm³/mol. The summed E-state index contributed by atoms with van der Waals surface area (Å²) in [6.45, 7) is 5.54. The maximum Gasteiger partial charge on any atom is 0.290 e. The SMILES string of the molecule is CN[C@@H](C)C(=O)N[C@H](C(=O)N1CCC[C@H]1C(=O)Nc1ccc2[nH]ccc2c1)C(C)C.O=CO.O=CO. The Hall–Kier alpha value is -3.93. The maximum absolute atomic E-state index is 13.2. The summed E-state index contributed by atoms with van der Waals surface area (Å²) in [6.07, 6.45) is 3.21. The molecule has 1 aromatic carbocycles. The molecule has 0 spiro atoms. The van der Waals surface area contributed by atoms with Crippen LogP contribution in [0.1, 0.15) is 33.6 Å². The molecule has 1 saturated heterocycles. The first-order valence-corrected chi connectivity index (χ1v) is 11.5. The van der Waals surface area contributed by atoms with E-state index in [2.05, 4.69) is 20.9 Å². The molecule has 1 aromatic heterocycles. The number of nitrogens with zero attached hydrogens (tertiary/aromatic N) is 1. The normalized spacial score (nSPS) is 16.0. The largest absolute Gasteiger partial charge is 0.483 e. The minimum Gasteiger partial charge on any atom is -0.483 e. The fourth-order valence-corrected chi connectivity index (χ4v) is 3.76. The lowest BCUT2D eigenvalue weighted by atomic mass is 10.0. The van der Waals surface area contributed by atoms with Gasteiger partial charge in [0.05, 0.1) is 6.04 Å². The lowest BCUT2D eigenvalue weighted by molar-refractivity contribution is -0.141. The molecule has 3 amide bonds. The highest BCUT2D eigenvalue weighted by Crippen LogP contribution is 2.23. The predicted octanol–water partition coefficient (Wildman–Crippen LogP) is 1.25. The first-order chi connectivity index (χ1) is 17.1. The third-order valence-electron chi connectivity index (χ3n) is 5.72.